The molecule has 1 aromatic heterocycles. The number of sulfonamides is 1. The van der Waals surface area contributed by atoms with Gasteiger partial charge in [-0.3, -0.25) is 0 Å². The van der Waals surface area contributed by atoms with Gasteiger partial charge in [-0.15, -0.1) is 0 Å². The zero-order valence-electron chi connectivity index (χ0n) is 21.4. The molecular formula is C25H20F5N3O6S2. The molecule has 0 atom stereocenters. The lowest BCUT2D eigenvalue weighted by Crippen LogP contribution is -2.31. The summed E-state index contributed by atoms with van der Waals surface area (Å²) in [7, 11) is -0.924. The molecule has 3 aromatic carbocycles. The Balaban J connectivity index is 1.73. The second kappa shape index (κ2) is 11.7. The lowest BCUT2D eigenvalue weighted by molar-refractivity contribution is -0.137. The summed E-state index contributed by atoms with van der Waals surface area (Å²) in [6, 6.07) is 7.65. The first kappa shape index (κ1) is 29.8. The van der Waals surface area contributed by atoms with Crippen LogP contribution in [-0.2, 0) is 22.7 Å². The van der Waals surface area contributed by atoms with Gasteiger partial charge in [0, 0.05) is 41.4 Å². The Morgan fingerprint density at radius 1 is 0.854 bits per heavy atom. The molecule has 0 unspecified atom stereocenters. The summed E-state index contributed by atoms with van der Waals surface area (Å²) in [6.45, 7) is -0.409. The molecule has 0 amide bonds. The largest absolute Gasteiger partial charge is 0.497 e. The highest BCUT2D eigenvalue weighted by Crippen LogP contribution is 2.38. The van der Waals surface area contributed by atoms with Gasteiger partial charge in [0.25, 0.3) is 10.0 Å². The molecule has 16 heteroatoms. The van der Waals surface area contributed by atoms with Crippen molar-refractivity contribution in [2.45, 2.75) is 17.6 Å². The number of alkyl halides is 3. The van der Waals surface area contributed by atoms with Gasteiger partial charge in [0.2, 0.25) is 5.13 Å². The number of aromatic nitrogens is 2. The molecule has 0 fully saturated rings. The number of benzene rings is 3. The Hall–Kier alpha value is -4.18. The molecule has 0 N–H and O–H groups in total. The van der Waals surface area contributed by atoms with Gasteiger partial charge in [-0.25, -0.2) is 26.5 Å². The van der Waals surface area contributed by atoms with Crippen LogP contribution < -0.4 is 23.3 Å². The maximum Gasteiger partial charge on any atom is 0.416 e. The average molecular weight is 618 g/mol. The number of hydrogen-bond donors (Lipinski definition) is 0. The number of nitrogens with zero attached hydrogens (tertiary/aromatic N) is 3. The molecule has 0 aliphatic rings. The second-order valence-electron chi connectivity index (χ2n) is 8.12. The Morgan fingerprint density at radius 3 is 2.17 bits per heavy atom. The highest BCUT2D eigenvalue weighted by Gasteiger charge is 2.34. The van der Waals surface area contributed by atoms with E-state index >= 15 is 8.78 Å². The molecule has 1 heterocycles. The minimum Gasteiger partial charge on any atom is -0.497 e. The third-order valence-electron chi connectivity index (χ3n) is 5.60. The van der Waals surface area contributed by atoms with E-state index in [9.17, 15) is 21.6 Å². The van der Waals surface area contributed by atoms with Crippen molar-refractivity contribution in [2.24, 2.45) is 0 Å². The highest BCUT2D eigenvalue weighted by molar-refractivity contribution is 7.93. The van der Waals surface area contributed by atoms with Crippen molar-refractivity contribution >= 4 is 26.7 Å². The molecule has 0 bridgehead atoms. The van der Waals surface area contributed by atoms with Crippen LogP contribution in [0.5, 0.6) is 28.7 Å². The molecule has 0 spiro atoms. The average Bonchev–Trinajstić information content (AvgIpc) is 3.47. The lowest BCUT2D eigenvalue weighted by atomic mass is 10.2. The van der Waals surface area contributed by atoms with Crippen LogP contribution in [-0.4, -0.2) is 39.1 Å². The summed E-state index contributed by atoms with van der Waals surface area (Å²) in [5, 5.41) is -0.154. The first-order valence-electron chi connectivity index (χ1n) is 11.3. The van der Waals surface area contributed by atoms with Gasteiger partial charge in [-0.2, -0.15) is 17.5 Å². The maximum atomic E-state index is 15.3. The minimum absolute atomic E-state index is 0.154. The molecular weight excluding hydrogens is 597 g/mol. The van der Waals surface area contributed by atoms with Crippen LogP contribution >= 0.6 is 11.5 Å². The van der Waals surface area contributed by atoms with Crippen molar-refractivity contribution < 1.29 is 49.3 Å². The van der Waals surface area contributed by atoms with E-state index in [1.54, 1.807) is 6.07 Å². The van der Waals surface area contributed by atoms with Gasteiger partial charge in [-0.1, -0.05) is 0 Å². The third-order valence-corrected chi connectivity index (χ3v) is 8.15. The molecule has 0 saturated heterocycles. The van der Waals surface area contributed by atoms with Crippen LogP contribution in [0.2, 0.25) is 0 Å². The van der Waals surface area contributed by atoms with Gasteiger partial charge in [-0.05, 0) is 24.3 Å². The van der Waals surface area contributed by atoms with E-state index in [-0.39, 0.29) is 16.6 Å². The molecule has 41 heavy (non-hydrogen) atoms. The molecule has 4 aromatic rings. The van der Waals surface area contributed by atoms with Gasteiger partial charge in [0.1, 0.15) is 40.0 Å². The van der Waals surface area contributed by atoms with Crippen molar-refractivity contribution in [3.8, 4) is 28.7 Å². The van der Waals surface area contributed by atoms with Crippen molar-refractivity contribution in [2.75, 3.05) is 25.6 Å². The van der Waals surface area contributed by atoms with Crippen molar-refractivity contribution in [3.05, 3.63) is 77.6 Å². The molecule has 0 saturated carbocycles. The lowest BCUT2D eigenvalue weighted by Gasteiger charge is -2.23. The van der Waals surface area contributed by atoms with Crippen LogP contribution in [0.3, 0.4) is 0 Å². The van der Waals surface area contributed by atoms with E-state index in [2.05, 4.69) is 9.36 Å². The number of anilines is 1. The molecule has 9 nitrogen and oxygen atoms in total. The minimum atomic E-state index is -4.83. The van der Waals surface area contributed by atoms with E-state index in [1.807, 2.05) is 0 Å². The fraction of sp³-hybridized carbons (Fsp3) is 0.200. The predicted molar refractivity (Wildman–Crippen MR) is 137 cm³/mol. The highest BCUT2D eigenvalue weighted by atomic mass is 32.2. The van der Waals surface area contributed by atoms with E-state index in [4.69, 9.17) is 18.9 Å². The van der Waals surface area contributed by atoms with Gasteiger partial charge in [0.05, 0.1) is 33.4 Å². The molecule has 4 rings (SSSR count). The van der Waals surface area contributed by atoms with Crippen LogP contribution in [0, 0.1) is 11.6 Å². The third kappa shape index (κ3) is 6.43. The number of halogens is 5. The summed E-state index contributed by atoms with van der Waals surface area (Å²) in [4.78, 5) is 2.83. The molecule has 218 valence electrons. The predicted octanol–water partition coefficient (Wildman–Crippen LogP) is 6.05. The molecule has 0 radical (unpaired) electrons. The number of hydrogen-bond acceptors (Lipinski definition) is 9. The van der Waals surface area contributed by atoms with E-state index in [0.29, 0.717) is 51.4 Å². The Bertz CT molecular complexity index is 1650. The Labute approximate surface area is 234 Å². The summed E-state index contributed by atoms with van der Waals surface area (Å²) < 4.78 is 122. The smallest absolute Gasteiger partial charge is 0.416 e. The zero-order chi connectivity index (χ0) is 29.9. The number of rotatable bonds is 10. The SMILES string of the molecule is COc1cc(Oc2cc(F)c(S(=O)(=O)N(Cc3ccc(OC)cc3OC)c3ncns3)cc2F)cc(C(F)(F)F)c1. The fourth-order valence-corrected chi connectivity index (χ4v) is 5.80. The van der Waals surface area contributed by atoms with Crippen molar-refractivity contribution in [1.82, 2.24) is 9.36 Å². The first-order chi connectivity index (χ1) is 19.4. The van der Waals surface area contributed by atoms with Crippen molar-refractivity contribution in [1.29, 1.82) is 0 Å². The Morgan fingerprint density at radius 2 is 1.56 bits per heavy atom. The monoisotopic (exact) mass is 617 g/mol. The van der Waals surface area contributed by atoms with Crippen LogP contribution in [0.4, 0.5) is 27.1 Å². The van der Waals surface area contributed by atoms with Crippen LogP contribution in [0.25, 0.3) is 0 Å². The van der Waals surface area contributed by atoms with Crippen molar-refractivity contribution in [3.63, 3.8) is 0 Å². The quantitative estimate of drug-likeness (QED) is 0.199. The van der Waals surface area contributed by atoms with Crippen LogP contribution in [0.15, 0.2) is 59.8 Å². The number of methoxy groups -OCH3 is 3. The Kier molecular flexibility index (Phi) is 8.53. The number of ether oxygens (including phenoxy) is 4. The second-order valence-corrected chi connectivity index (χ2v) is 10.7. The van der Waals surface area contributed by atoms with E-state index in [0.717, 1.165) is 19.5 Å². The van der Waals surface area contributed by atoms with Crippen LogP contribution in [0.1, 0.15) is 11.1 Å². The summed E-state index contributed by atoms with van der Waals surface area (Å²) in [5.74, 6) is -3.75. The normalized spacial score (nSPS) is 11.7. The first-order valence-corrected chi connectivity index (χ1v) is 13.5. The summed E-state index contributed by atoms with van der Waals surface area (Å²) >= 11 is 0.690. The standard InChI is InChI=1S/C25H20F5N3O6S2/c1-36-16-5-4-14(21(9-16)38-3)12-33(24-31-13-32-40-24)41(34,35)23-11-19(26)22(10-20(23)27)39-18-7-15(25(28,29)30)6-17(8-18)37-2/h4-11,13H,12H2,1-3H3. The summed E-state index contributed by atoms with van der Waals surface area (Å²) in [5.41, 5.74) is -0.819. The van der Waals surface area contributed by atoms with Gasteiger partial charge in [0.15, 0.2) is 11.6 Å². The maximum absolute atomic E-state index is 15.3. The van der Waals surface area contributed by atoms with Gasteiger partial charge >= 0.3 is 6.18 Å². The van der Waals surface area contributed by atoms with E-state index < -0.39 is 56.3 Å². The zero-order valence-corrected chi connectivity index (χ0v) is 23.0. The van der Waals surface area contributed by atoms with Gasteiger partial charge < -0.3 is 18.9 Å². The summed E-state index contributed by atoms with van der Waals surface area (Å²) in [6.07, 6.45) is -3.69. The molecule has 0 aliphatic heterocycles. The van der Waals surface area contributed by atoms with E-state index in [1.165, 1.54) is 26.4 Å². The fourth-order valence-electron chi connectivity index (χ4n) is 3.61. The molecule has 0 aliphatic carbocycles. The topological polar surface area (TPSA) is 100 Å².